The molecule has 1 N–H and O–H groups in total. The molecule has 17 heavy (non-hydrogen) atoms. The number of nitrogens with zero attached hydrogens (tertiary/aromatic N) is 3. The van der Waals surface area contributed by atoms with Crippen LogP contribution in [-0.2, 0) is 19.2 Å². The van der Waals surface area contributed by atoms with Gasteiger partial charge >= 0.3 is 11.9 Å². The highest BCUT2D eigenvalue weighted by Gasteiger charge is 2.30. The van der Waals surface area contributed by atoms with E-state index in [1.165, 1.54) is 20.9 Å². The Morgan fingerprint density at radius 2 is 1.94 bits per heavy atom. The first kappa shape index (κ1) is 13.8. The Morgan fingerprint density at radius 1 is 1.41 bits per heavy atom. The lowest BCUT2D eigenvalue weighted by atomic mass is 10.1. The van der Waals surface area contributed by atoms with E-state index < -0.39 is 24.0 Å². The molecular weight excluding hydrogens is 239 g/mol. The van der Waals surface area contributed by atoms with E-state index in [0.717, 1.165) is 4.57 Å². The van der Waals surface area contributed by atoms with Gasteiger partial charge in [0.1, 0.15) is 5.60 Å². The van der Waals surface area contributed by atoms with Gasteiger partial charge < -0.3 is 5.11 Å². The first-order valence-corrected chi connectivity index (χ1v) is 4.80. The average Bonchev–Trinajstić information content (AvgIpc) is 2.39. The highest BCUT2D eigenvalue weighted by molar-refractivity contribution is 4.98. The van der Waals surface area contributed by atoms with Crippen molar-refractivity contribution in [1.82, 2.24) is 14.3 Å². The molecule has 0 spiro atoms. The molecule has 1 rings (SSSR count). The highest BCUT2D eigenvalue weighted by Crippen LogP contribution is 2.19. The summed E-state index contributed by atoms with van der Waals surface area (Å²) >= 11 is 0. The molecule has 1 aromatic heterocycles. The Balaban J connectivity index is 3.01. The Morgan fingerprint density at radius 3 is 2.29 bits per heavy atom. The maximum Gasteiger partial charge on any atom is 0.394 e. The molecular formula is C9H13F3N3O2. The molecule has 0 saturated carbocycles. The normalized spacial score (nSPS) is 13.1. The smallest absolute Gasteiger partial charge is 0.382 e. The van der Waals surface area contributed by atoms with Crippen LogP contribution in [-0.4, -0.2) is 25.6 Å². The molecule has 0 atom stereocenters. The fourth-order valence-electron chi connectivity index (χ4n) is 1.33. The van der Waals surface area contributed by atoms with Crippen LogP contribution in [0.15, 0.2) is 4.79 Å². The molecule has 1 radical (unpaired) electrons. The molecule has 5 nitrogen and oxygen atoms in total. The minimum Gasteiger partial charge on any atom is -0.382 e. The van der Waals surface area contributed by atoms with Crippen molar-refractivity contribution in [2.24, 2.45) is 7.05 Å². The van der Waals surface area contributed by atoms with Crippen molar-refractivity contribution in [2.75, 3.05) is 0 Å². The number of aromatic nitrogens is 3. The monoisotopic (exact) mass is 252 g/mol. The summed E-state index contributed by atoms with van der Waals surface area (Å²) in [5.74, 6) is 0.0121. The lowest BCUT2D eigenvalue weighted by Crippen LogP contribution is -2.27. The zero-order valence-corrected chi connectivity index (χ0v) is 9.62. The van der Waals surface area contributed by atoms with Gasteiger partial charge in [-0.05, 0) is 13.8 Å². The van der Waals surface area contributed by atoms with Gasteiger partial charge in [0.05, 0.1) is 13.0 Å². The van der Waals surface area contributed by atoms with Crippen LogP contribution in [0.25, 0.3) is 0 Å². The van der Waals surface area contributed by atoms with E-state index in [0.29, 0.717) is 4.68 Å². The maximum absolute atomic E-state index is 12.0. The second-order valence-corrected chi connectivity index (χ2v) is 4.15. The van der Waals surface area contributed by atoms with Gasteiger partial charge in [-0.15, -0.1) is 0 Å². The Kier molecular flexibility index (Phi) is 3.37. The van der Waals surface area contributed by atoms with Gasteiger partial charge in [0.15, 0.2) is 5.82 Å². The van der Waals surface area contributed by atoms with Crippen molar-refractivity contribution in [3.63, 3.8) is 0 Å². The van der Waals surface area contributed by atoms with E-state index in [1.807, 2.05) is 0 Å². The van der Waals surface area contributed by atoms with Crippen molar-refractivity contribution in [2.45, 2.75) is 32.2 Å². The van der Waals surface area contributed by atoms with Gasteiger partial charge in [-0.3, -0.25) is 4.57 Å². The minimum atomic E-state index is -4.47. The second kappa shape index (κ2) is 4.17. The third-order valence-electron chi connectivity index (χ3n) is 2.08. The standard InChI is InChI=1S/C9H13F3N3O2/c1-8(2,17)6-13-15(7(16)14(6)3)5-4-9(10,11)12/h4,17H,5H2,1-3H3. The summed E-state index contributed by atoms with van der Waals surface area (Å²) in [5.41, 5.74) is -2.10. The van der Waals surface area contributed by atoms with Gasteiger partial charge in [0.2, 0.25) is 0 Å². The largest absolute Gasteiger partial charge is 0.394 e. The minimum absolute atomic E-state index is 0.0121. The number of hydrogen-bond acceptors (Lipinski definition) is 3. The SMILES string of the molecule is Cn1c(C(C)(C)O)nn(C[CH]C(F)(F)F)c1=O. The molecule has 1 aromatic rings. The first-order chi connectivity index (χ1) is 7.52. The van der Waals surface area contributed by atoms with Crippen molar-refractivity contribution in [1.29, 1.82) is 0 Å². The Hall–Kier alpha value is -1.31. The third kappa shape index (κ3) is 3.32. The van der Waals surface area contributed by atoms with E-state index in [-0.39, 0.29) is 12.2 Å². The van der Waals surface area contributed by atoms with E-state index in [4.69, 9.17) is 0 Å². The number of aliphatic hydroxyl groups is 1. The number of halogens is 3. The van der Waals surface area contributed by atoms with Crippen molar-refractivity contribution in [3.05, 3.63) is 22.7 Å². The quantitative estimate of drug-likeness (QED) is 0.855. The fraction of sp³-hybridized carbons (Fsp3) is 0.667. The molecule has 0 aliphatic rings. The number of alkyl halides is 3. The summed E-state index contributed by atoms with van der Waals surface area (Å²) in [6.45, 7) is 2.12. The maximum atomic E-state index is 12.0. The van der Waals surface area contributed by atoms with Crippen LogP contribution in [0.4, 0.5) is 13.2 Å². The van der Waals surface area contributed by atoms with Gasteiger partial charge in [-0.1, -0.05) is 0 Å². The Bertz CT molecular complexity index is 454. The molecule has 0 fully saturated rings. The zero-order valence-electron chi connectivity index (χ0n) is 9.62. The van der Waals surface area contributed by atoms with Gasteiger partial charge in [-0.2, -0.15) is 18.3 Å². The molecule has 0 amide bonds. The van der Waals surface area contributed by atoms with Crippen LogP contribution in [0.2, 0.25) is 0 Å². The molecule has 0 aliphatic heterocycles. The lowest BCUT2D eigenvalue weighted by Gasteiger charge is -2.14. The van der Waals surface area contributed by atoms with Crippen LogP contribution < -0.4 is 5.69 Å². The second-order valence-electron chi connectivity index (χ2n) is 4.15. The molecule has 0 bridgehead atoms. The van der Waals surface area contributed by atoms with Crippen molar-refractivity contribution < 1.29 is 18.3 Å². The van der Waals surface area contributed by atoms with Crippen LogP contribution >= 0.6 is 0 Å². The summed E-state index contributed by atoms with van der Waals surface area (Å²) in [6, 6.07) is 0. The summed E-state index contributed by atoms with van der Waals surface area (Å²) in [4.78, 5) is 11.5. The van der Waals surface area contributed by atoms with Crippen LogP contribution in [0.5, 0.6) is 0 Å². The topological polar surface area (TPSA) is 60.0 Å². The van der Waals surface area contributed by atoms with Crippen molar-refractivity contribution in [3.8, 4) is 0 Å². The fourth-order valence-corrected chi connectivity index (χ4v) is 1.33. The summed E-state index contributed by atoms with van der Waals surface area (Å²) in [7, 11) is 1.34. The third-order valence-corrected chi connectivity index (χ3v) is 2.08. The molecule has 0 saturated heterocycles. The van der Waals surface area contributed by atoms with Gasteiger partial charge in [0, 0.05) is 7.05 Å². The molecule has 0 aromatic carbocycles. The first-order valence-electron chi connectivity index (χ1n) is 4.80. The van der Waals surface area contributed by atoms with Crippen LogP contribution in [0.3, 0.4) is 0 Å². The predicted molar refractivity (Wildman–Crippen MR) is 53.1 cm³/mol. The van der Waals surface area contributed by atoms with Crippen LogP contribution in [0, 0.1) is 6.42 Å². The van der Waals surface area contributed by atoms with E-state index in [2.05, 4.69) is 5.10 Å². The lowest BCUT2D eigenvalue weighted by molar-refractivity contribution is -0.0994. The van der Waals surface area contributed by atoms with Crippen molar-refractivity contribution >= 4 is 0 Å². The molecule has 97 valence electrons. The molecule has 0 aliphatic carbocycles. The predicted octanol–water partition coefficient (Wildman–Crippen LogP) is 0.576. The van der Waals surface area contributed by atoms with Gasteiger partial charge in [-0.25, -0.2) is 9.48 Å². The van der Waals surface area contributed by atoms with E-state index >= 15 is 0 Å². The summed E-state index contributed by atoms with van der Waals surface area (Å²) in [5, 5.41) is 13.3. The summed E-state index contributed by atoms with van der Waals surface area (Å²) in [6.07, 6.45) is -4.44. The van der Waals surface area contributed by atoms with E-state index in [1.54, 1.807) is 0 Å². The average molecular weight is 252 g/mol. The van der Waals surface area contributed by atoms with Crippen LogP contribution in [0.1, 0.15) is 19.7 Å². The Labute approximate surface area is 95.5 Å². The number of hydrogen-bond donors (Lipinski definition) is 1. The number of rotatable bonds is 3. The molecule has 0 unspecified atom stereocenters. The van der Waals surface area contributed by atoms with Gasteiger partial charge in [0.25, 0.3) is 0 Å². The molecule has 1 heterocycles. The summed E-state index contributed by atoms with van der Waals surface area (Å²) < 4.78 is 37.5. The highest BCUT2D eigenvalue weighted by atomic mass is 19.4. The van der Waals surface area contributed by atoms with E-state index in [9.17, 15) is 23.1 Å². The zero-order chi connectivity index (χ0) is 13.4. The molecule has 8 heteroatoms.